The highest BCUT2D eigenvalue weighted by Gasteiger charge is 2.06. The van der Waals surface area contributed by atoms with Crippen LogP contribution in [0.4, 0.5) is 17.3 Å². The Kier molecular flexibility index (Phi) is 5.78. The summed E-state index contributed by atoms with van der Waals surface area (Å²) in [5.74, 6) is 2.07. The van der Waals surface area contributed by atoms with Crippen molar-refractivity contribution >= 4 is 44.9 Å². The first kappa shape index (κ1) is 16.0. The summed E-state index contributed by atoms with van der Waals surface area (Å²) in [6, 6.07) is 7.45. The number of nitrogens with zero attached hydrogens (tertiary/aromatic N) is 2. The number of benzene rings is 1. The van der Waals surface area contributed by atoms with Crippen LogP contribution >= 0.6 is 27.5 Å². The summed E-state index contributed by atoms with van der Waals surface area (Å²) in [6.45, 7) is 3.16. The van der Waals surface area contributed by atoms with Crippen LogP contribution in [-0.4, -0.2) is 23.6 Å². The molecule has 0 aliphatic heterocycles. The average molecular weight is 372 g/mol. The quantitative estimate of drug-likeness (QED) is 0.796. The van der Waals surface area contributed by atoms with Gasteiger partial charge in [-0.1, -0.05) is 11.6 Å². The molecule has 0 atom stereocenters. The van der Waals surface area contributed by atoms with E-state index >= 15 is 0 Å². The number of anilines is 3. The van der Waals surface area contributed by atoms with Gasteiger partial charge in [-0.3, -0.25) is 0 Å². The van der Waals surface area contributed by atoms with Crippen molar-refractivity contribution < 1.29 is 4.74 Å². The normalized spacial score (nSPS) is 10.5. The van der Waals surface area contributed by atoms with Gasteiger partial charge in [0.15, 0.2) is 5.82 Å². The maximum absolute atomic E-state index is 5.99. The fraction of sp³-hybridized carbons (Fsp3) is 0.286. The molecule has 0 radical (unpaired) electrons. The van der Waals surface area contributed by atoms with Crippen LogP contribution in [0.3, 0.4) is 0 Å². The van der Waals surface area contributed by atoms with Crippen LogP contribution < -0.4 is 10.6 Å². The molecule has 0 amide bonds. The van der Waals surface area contributed by atoms with Gasteiger partial charge in [-0.15, -0.1) is 0 Å². The zero-order chi connectivity index (χ0) is 15.2. The second-order valence-corrected chi connectivity index (χ2v) is 5.53. The predicted octanol–water partition coefficient (Wildman–Crippen LogP) is 4.21. The third kappa shape index (κ3) is 4.56. The summed E-state index contributed by atoms with van der Waals surface area (Å²) in [5.41, 5.74) is 0.885. The van der Waals surface area contributed by atoms with Crippen molar-refractivity contribution in [3.63, 3.8) is 0 Å². The Labute approximate surface area is 137 Å². The van der Waals surface area contributed by atoms with E-state index in [-0.39, 0.29) is 0 Å². The SMILES string of the molecule is CCNc1cc(Nc2ccc(Cl)c(Br)c2)nc(COC)n1. The molecule has 0 fully saturated rings. The molecule has 0 bridgehead atoms. The summed E-state index contributed by atoms with van der Waals surface area (Å²) < 4.78 is 5.92. The highest BCUT2D eigenvalue weighted by Crippen LogP contribution is 2.27. The molecule has 0 saturated carbocycles. The highest BCUT2D eigenvalue weighted by atomic mass is 79.9. The smallest absolute Gasteiger partial charge is 0.158 e. The Bertz CT molecular complexity index is 600. The first-order chi connectivity index (χ1) is 10.1. The van der Waals surface area contributed by atoms with Gasteiger partial charge >= 0.3 is 0 Å². The summed E-state index contributed by atoms with van der Waals surface area (Å²) >= 11 is 9.39. The first-order valence-electron chi connectivity index (χ1n) is 6.45. The molecular formula is C14H16BrClN4O. The first-order valence-corrected chi connectivity index (χ1v) is 7.62. The highest BCUT2D eigenvalue weighted by molar-refractivity contribution is 9.10. The molecule has 7 heteroatoms. The lowest BCUT2D eigenvalue weighted by molar-refractivity contribution is 0.178. The number of halogens is 2. The monoisotopic (exact) mass is 370 g/mol. The second-order valence-electron chi connectivity index (χ2n) is 4.27. The zero-order valence-corrected chi connectivity index (χ0v) is 14.1. The molecule has 0 unspecified atom stereocenters. The molecule has 1 heterocycles. The van der Waals surface area contributed by atoms with Crippen LogP contribution in [0.1, 0.15) is 12.7 Å². The van der Waals surface area contributed by atoms with Crippen molar-refractivity contribution in [2.75, 3.05) is 24.3 Å². The second kappa shape index (κ2) is 7.59. The third-order valence-electron chi connectivity index (χ3n) is 2.60. The van der Waals surface area contributed by atoms with Crippen LogP contribution in [0.2, 0.25) is 5.02 Å². The Balaban J connectivity index is 2.26. The van der Waals surface area contributed by atoms with Gasteiger partial charge in [0.1, 0.15) is 18.2 Å². The fourth-order valence-corrected chi connectivity index (χ4v) is 2.24. The number of rotatable bonds is 6. The van der Waals surface area contributed by atoms with Gasteiger partial charge in [0.05, 0.1) is 5.02 Å². The molecule has 1 aromatic carbocycles. The Morgan fingerprint density at radius 2 is 2.00 bits per heavy atom. The summed E-state index contributed by atoms with van der Waals surface area (Å²) in [6.07, 6.45) is 0. The largest absolute Gasteiger partial charge is 0.377 e. The van der Waals surface area contributed by atoms with Gasteiger partial charge in [-0.05, 0) is 41.1 Å². The van der Waals surface area contributed by atoms with Crippen molar-refractivity contribution in [3.8, 4) is 0 Å². The molecule has 21 heavy (non-hydrogen) atoms. The lowest BCUT2D eigenvalue weighted by Gasteiger charge is -2.11. The topological polar surface area (TPSA) is 59.1 Å². The lowest BCUT2D eigenvalue weighted by atomic mass is 10.3. The maximum Gasteiger partial charge on any atom is 0.158 e. The minimum Gasteiger partial charge on any atom is -0.377 e. The number of ether oxygens (including phenoxy) is 1. The number of hydrogen-bond donors (Lipinski definition) is 2. The molecule has 5 nitrogen and oxygen atoms in total. The van der Waals surface area contributed by atoms with E-state index in [1.807, 2.05) is 31.2 Å². The fourth-order valence-electron chi connectivity index (χ4n) is 1.75. The summed E-state index contributed by atoms with van der Waals surface area (Å²) in [5, 5.41) is 7.07. The predicted molar refractivity (Wildman–Crippen MR) is 89.3 cm³/mol. The number of methoxy groups -OCH3 is 1. The van der Waals surface area contributed by atoms with E-state index in [1.165, 1.54) is 0 Å². The van der Waals surface area contributed by atoms with E-state index in [0.717, 1.165) is 22.5 Å². The van der Waals surface area contributed by atoms with Crippen molar-refractivity contribution in [1.82, 2.24) is 9.97 Å². The van der Waals surface area contributed by atoms with Crippen molar-refractivity contribution in [2.24, 2.45) is 0 Å². The minimum absolute atomic E-state index is 0.359. The third-order valence-corrected chi connectivity index (χ3v) is 3.81. The number of nitrogens with one attached hydrogen (secondary N) is 2. The van der Waals surface area contributed by atoms with Crippen molar-refractivity contribution in [1.29, 1.82) is 0 Å². The Hall–Kier alpha value is -1.37. The van der Waals surface area contributed by atoms with Gasteiger partial charge in [0.2, 0.25) is 0 Å². The molecular weight excluding hydrogens is 356 g/mol. The van der Waals surface area contributed by atoms with Gasteiger partial charge in [0.25, 0.3) is 0 Å². The van der Waals surface area contributed by atoms with Crippen LogP contribution in [0.5, 0.6) is 0 Å². The van der Waals surface area contributed by atoms with Crippen LogP contribution in [0, 0.1) is 0 Å². The van der Waals surface area contributed by atoms with Crippen molar-refractivity contribution in [2.45, 2.75) is 13.5 Å². The van der Waals surface area contributed by atoms with E-state index in [9.17, 15) is 0 Å². The average Bonchev–Trinajstić information content (AvgIpc) is 2.43. The van der Waals surface area contributed by atoms with E-state index in [4.69, 9.17) is 16.3 Å². The van der Waals surface area contributed by atoms with Crippen LogP contribution in [0.25, 0.3) is 0 Å². The summed E-state index contributed by atoms with van der Waals surface area (Å²) in [4.78, 5) is 8.79. The Morgan fingerprint density at radius 1 is 1.24 bits per heavy atom. The van der Waals surface area contributed by atoms with Crippen LogP contribution in [0.15, 0.2) is 28.7 Å². The van der Waals surface area contributed by atoms with Crippen LogP contribution in [-0.2, 0) is 11.3 Å². The molecule has 0 aliphatic rings. The van der Waals surface area contributed by atoms with Crippen molar-refractivity contribution in [3.05, 3.63) is 39.6 Å². The molecule has 2 N–H and O–H groups in total. The van der Waals surface area contributed by atoms with E-state index in [2.05, 4.69) is 36.5 Å². The van der Waals surface area contributed by atoms with Gasteiger partial charge in [-0.25, -0.2) is 9.97 Å². The lowest BCUT2D eigenvalue weighted by Crippen LogP contribution is -2.06. The molecule has 0 aliphatic carbocycles. The maximum atomic E-state index is 5.99. The zero-order valence-electron chi connectivity index (χ0n) is 11.8. The van der Waals surface area contributed by atoms with E-state index < -0.39 is 0 Å². The molecule has 2 rings (SSSR count). The molecule has 0 spiro atoms. The van der Waals surface area contributed by atoms with E-state index in [1.54, 1.807) is 7.11 Å². The Morgan fingerprint density at radius 3 is 2.67 bits per heavy atom. The molecule has 0 saturated heterocycles. The van der Waals surface area contributed by atoms with Gasteiger partial charge in [0, 0.05) is 29.9 Å². The van der Waals surface area contributed by atoms with E-state index in [0.29, 0.717) is 23.3 Å². The van der Waals surface area contributed by atoms with Gasteiger partial charge in [-0.2, -0.15) is 0 Å². The standard InChI is InChI=1S/C14H16BrClN4O/c1-3-17-12-7-13(20-14(19-12)8-21-2)18-9-4-5-11(16)10(15)6-9/h4-7H,3,8H2,1-2H3,(H2,17,18,19,20). The number of aromatic nitrogens is 2. The summed E-state index contributed by atoms with van der Waals surface area (Å²) in [7, 11) is 1.62. The minimum atomic E-state index is 0.359. The molecule has 2 aromatic rings. The number of hydrogen-bond acceptors (Lipinski definition) is 5. The molecule has 112 valence electrons. The van der Waals surface area contributed by atoms with Gasteiger partial charge < -0.3 is 15.4 Å². The molecule has 1 aromatic heterocycles.